The van der Waals surface area contributed by atoms with E-state index in [4.69, 9.17) is 33.9 Å². The lowest BCUT2D eigenvalue weighted by molar-refractivity contribution is -0.126. The Hall–Kier alpha value is -3.46. The number of thioether (sulfide) groups is 2. The molecular weight excluding hydrogens is 545 g/mol. The van der Waals surface area contributed by atoms with Crippen molar-refractivity contribution in [2.45, 2.75) is 0 Å². The maximum atomic E-state index is 13.0. The molecule has 10 nitrogen and oxygen atoms in total. The molecule has 2 N–H and O–H groups in total. The second kappa shape index (κ2) is 10.7. The van der Waals surface area contributed by atoms with Gasteiger partial charge in [-0.15, -0.1) is 0 Å². The lowest BCUT2D eigenvalue weighted by Gasteiger charge is -2.16. The minimum absolute atomic E-state index is 0.00595. The molecule has 0 aromatic heterocycles. The summed E-state index contributed by atoms with van der Waals surface area (Å²) in [6, 6.07) is 12.5. The van der Waals surface area contributed by atoms with Crippen LogP contribution >= 0.6 is 48.0 Å². The molecule has 2 aliphatic rings. The van der Waals surface area contributed by atoms with Crippen LogP contribution in [0.2, 0.25) is 0 Å². The monoisotopic (exact) mass is 560 g/mol. The van der Waals surface area contributed by atoms with Gasteiger partial charge >= 0.3 is 0 Å². The van der Waals surface area contributed by atoms with Crippen LogP contribution in [0.25, 0.3) is 0 Å². The first-order chi connectivity index (χ1) is 17.2. The number of rotatable bonds is 6. The third kappa shape index (κ3) is 5.06. The molecule has 2 aliphatic heterocycles. The van der Waals surface area contributed by atoms with E-state index in [1.54, 1.807) is 24.3 Å². The van der Waals surface area contributed by atoms with E-state index in [9.17, 15) is 19.2 Å². The van der Waals surface area contributed by atoms with Crippen molar-refractivity contribution in [2.24, 2.45) is 0 Å². The number of amides is 4. The zero-order chi connectivity index (χ0) is 26.0. The molecule has 2 heterocycles. The van der Waals surface area contributed by atoms with E-state index >= 15 is 0 Å². The molecule has 2 aromatic carbocycles. The molecule has 14 heteroatoms. The topological polar surface area (TPSA) is 117 Å². The van der Waals surface area contributed by atoms with Gasteiger partial charge in [0.15, 0.2) is 8.64 Å². The lowest BCUT2D eigenvalue weighted by Crippen LogP contribution is -2.45. The largest absolute Gasteiger partial charge is 0.497 e. The molecule has 0 bridgehead atoms. The molecule has 0 radical (unpaired) electrons. The van der Waals surface area contributed by atoms with Crippen molar-refractivity contribution in [1.29, 1.82) is 0 Å². The highest BCUT2D eigenvalue weighted by molar-refractivity contribution is 8.29. The van der Waals surface area contributed by atoms with Crippen LogP contribution in [-0.2, 0) is 9.59 Å². The molecule has 0 spiro atoms. The Labute approximate surface area is 224 Å². The van der Waals surface area contributed by atoms with Gasteiger partial charge in [0, 0.05) is 11.1 Å². The summed E-state index contributed by atoms with van der Waals surface area (Å²) in [5.74, 6) is -1.39. The Morgan fingerprint density at radius 3 is 1.33 bits per heavy atom. The summed E-state index contributed by atoms with van der Waals surface area (Å²) in [6.45, 7) is 0. The van der Waals surface area contributed by atoms with Crippen molar-refractivity contribution < 1.29 is 28.7 Å². The number of hydrogen-bond acceptors (Lipinski definition) is 10. The quantitative estimate of drug-likeness (QED) is 0.403. The number of methoxy groups -OCH3 is 2. The summed E-state index contributed by atoms with van der Waals surface area (Å²) in [4.78, 5) is 51.2. The molecule has 2 aromatic rings. The highest BCUT2D eigenvalue weighted by Crippen LogP contribution is 2.41. The van der Waals surface area contributed by atoms with Crippen molar-refractivity contribution in [3.63, 3.8) is 0 Å². The van der Waals surface area contributed by atoms with Gasteiger partial charge in [0.25, 0.3) is 23.6 Å². The van der Waals surface area contributed by atoms with Crippen molar-refractivity contribution >= 4 is 80.2 Å². The van der Waals surface area contributed by atoms with E-state index in [1.807, 2.05) is 0 Å². The van der Waals surface area contributed by atoms with Gasteiger partial charge in [-0.2, -0.15) is 10.0 Å². The Kier molecular flexibility index (Phi) is 7.59. The van der Waals surface area contributed by atoms with E-state index in [0.29, 0.717) is 11.5 Å². The average Bonchev–Trinajstić information content (AvgIpc) is 3.33. The zero-order valence-corrected chi connectivity index (χ0v) is 21.9. The van der Waals surface area contributed by atoms with Gasteiger partial charge in [0.05, 0.1) is 14.2 Å². The minimum atomic E-state index is -0.686. The first-order valence-corrected chi connectivity index (χ1v) is 12.4. The highest BCUT2D eigenvalue weighted by Gasteiger charge is 2.43. The van der Waals surface area contributed by atoms with Crippen LogP contribution < -0.4 is 20.3 Å². The lowest BCUT2D eigenvalue weighted by atomic mass is 10.2. The third-order valence-corrected chi connectivity index (χ3v) is 7.75. The number of carbonyl (C=O) groups is 4. The maximum absolute atomic E-state index is 13.0. The first-order valence-electron chi connectivity index (χ1n) is 10.0. The molecule has 0 aliphatic carbocycles. The van der Waals surface area contributed by atoms with Crippen molar-refractivity contribution in [1.82, 2.24) is 20.9 Å². The van der Waals surface area contributed by atoms with Crippen LogP contribution in [0.4, 0.5) is 0 Å². The summed E-state index contributed by atoms with van der Waals surface area (Å²) in [5, 5.41) is 1.79. The second-order valence-electron chi connectivity index (χ2n) is 7.01. The number of hydrogen-bond donors (Lipinski definition) is 2. The molecule has 2 saturated heterocycles. The Morgan fingerprint density at radius 1 is 0.694 bits per heavy atom. The van der Waals surface area contributed by atoms with Crippen LogP contribution in [0, 0.1) is 0 Å². The first kappa shape index (κ1) is 25.6. The number of hydrazine groups is 2. The van der Waals surface area contributed by atoms with Crippen LogP contribution in [0.3, 0.4) is 0 Å². The summed E-state index contributed by atoms with van der Waals surface area (Å²) in [5.41, 5.74) is 5.44. The number of benzene rings is 2. The fraction of sp³-hybridized carbons (Fsp3) is 0.0909. The van der Waals surface area contributed by atoms with Crippen LogP contribution in [0.5, 0.6) is 11.5 Å². The van der Waals surface area contributed by atoms with Crippen molar-refractivity contribution in [3.05, 3.63) is 69.5 Å². The number of thiocarbonyl (C=S) groups is 2. The number of nitrogens with one attached hydrogen (secondary N) is 2. The Morgan fingerprint density at radius 2 is 1.03 bits per heavy atom. The molecule has 36 heavy (non-hydrogen) atoms. The predicted octanol–water partition coefficient (Wildman–Crippen LogP) is 2.63. The summed E-state index contributed by atoms with van der Waals surface area (Å²) >= 11 is 12.2. The summed E-state index contributed by atoms with van der Waals surface area (Å²) in [7, 11) is 3.00. The molecule has 0 unspecified atom stereocenters. The molecule has 2 fully saturated rings. The smallest absolute Gasteiger partial charge is 0.286 e. The fourth-order valence-corrected chi connectivity index (χ4v) is 5.53. The highest BCUT2D eigenvalue weighted by atomic mass is 32.2. The minimum Gasteiger partial charge on any atom is -0.497 e. The van der Waals surface area contributed by atoms with Gasteiger partial charge in [-0.05, 0) is 73.0 Å². The molecule has 0 atom stereocenters. The van der Waals surface area contributed by atoms with Crippen molar-refractivity contribution in [3.8, 4) is 11.5 Å². The number of nitrogens with zero attached hydrogens (tertiary/aromatic N) is 2. The molecular formula is C22H16N4O6S4. The van der Waals surface area contributed by atoms with E-state index in [2.05, 4.69) is 10.9 Å². The van der Waals surface area contributed by atoms with Crippen LogP contribution in [0.15, 0.2) is 58.3 Å². The molecule has 0 saturated carbocycles. The van der Waals surface area contributed by atoms with Crippen LogP contribution in [0.1, 0.15) is 20.7 Å². The van der Waals surface area contributed by atoms with Gasteiger partial charge in [0.2, 0.25) is 0 Å². The van der Waals surface area contributed by atoms with E-state index in [1.165, 1.54) is 38.5 Å². The van der Waals surface area contributed by atoms with Crippen LogP contribution in [-0.4, -0.2) is 56.5 Å². The summed E-state index contributed by atoms with van der Waals surface area (Å²) in [6.07, 6.45) is 0. The van der Waals surface area contributed by atoms with Gasteiger partial charge in [-0.1, -0.05) is 23.5 Å². The average molecular weight is 561 g/mol. The summed E-state index contributed by atoms with van der Waals surface area (Å²) < 4.78 is 10.2. The molecule has 184 valence electrons. The van der Waals surface area contributed by atoms with Crippen molar-refractivity contribution in [2.75, 3.05) is 14.2 Å². The Balaban J connectivity index is 1.48. The molecule has 4 amide bonds. The number of carbonyl (C=O) groups excluding carboxylic acids is 4. The maximum Gasteiger partial charge on any atom is 0.286 e. The van der Waals surface area contributed by atoms with Gasteiger partial charge in [-0.3, -0.25) is 30.0 Å². The normalized spacial score (nSPS) is 17.5. The zero-order valence-electron chi connectivity index (χ0n) is 18.6. The second-order valence-corrected chi connectivity index (χ2v) is 10.3. The van der Waals surface area contributed by atoms with Gasteiger partial charge in [-0.25, -0.2) is 0 Å². The Bertz CT molecular complexity index is 1230. The standard InChI is InChI=1S/C22H16N4O6S4/c1-31-13-7-3-11(4-8-13)17(27)23-25-19(29)15(35-21(25)33)16-20(30)26(22(34)36-16)24-18(28)12-5-9-14(32-2)10-6-12/h3-10H,1-2H3,(H,23,27)(H,24,28)/b16-15+. The van der Waals surface area contributed by atoms with Gasteiger partial charge in [0.1, 0.15) is 21.3 Å². The van der Waals surface area contributed by atoms with Gasteiger partial charge < -0.3 is 9.47 Å². The third-order valence-electron chi connectivity index (χ3n) is 4.88. The van der Waals surface area contributed by atoms with E-state index < -0.39 is 23.6 Å². The fourth-order valence-electron chi connectivity index (χ4n) is 3.02. The van der Waals surface area contributed by atoms with E-state index in [0.717, 1.165) is 33.5 Å². The SMILES string of the molecule is COc1ccc(C(=O)NN2C(=O)/C(=C3\SC(=S)N(NC(=O)c4ccc(OC)cc4)C3=O)SC2=S)cc1. The predicted molar refractivity (Wildman–Crippen MR) is 142 cm³/mol. The molecule has 4 rings (SSSR count). The van der Waals surface area contributed by atoms with E-state index in [-0.39, 0.29) is 29.6 Å². The number of ether oxygens (including phenoxy) is 2.